The van der Waals surface area contributed by atoms with Crippen LogP contribution >= 0.6 is 0 Å². The zero-order valence-corrected chi connectivity index (χ0v) is 23.3. The van der Waals surface area contributed by atoms with E-state index >= 15 is 0 Å². The van der Waals surface area contributed by atoms with Gasteiger partial charge in [-0.15, -0.1) is 0 Å². The van der Waals surface area contributed by atoms with Crippen LogP contribution in [0.5, 0.6) is 0 Å². The number of hydrogen-bond donors (Lipinski definition) is 0. The third-order valence-electron chi connectivity index (χ3n) is 10.5. The molecular formula is C31H48OSi. The van der Waals surface area contributed by atoms with Crippen molar-refractivity contribution in [2.75, 3.05) is 0 Å². The van der Waals surface area contributed by atoms with E-state index in [0.717, 1.165) is 37.0 Å². The summed E-state index contributed by atoms with van der Waals surface area (Å²) >= 11 is 0. The number of ketones is 1. The van der Waals surface area contributed by atoms with Crippen molar-refractivity contribution >= 4 is 13.9 Å². The molecule has 2 heteroatoms. The van der Waals surface area contributed by atoms with Crippen molar-refractivity contribution in [3.8, 4) is 0 Å². The molecule has 0 heterocycles. The van der Waals surface area contributed by atoms with Gasteiger partial charge in [0.15, 0.2) is 0 Å². The molecule has 0 aliphatic heterocycles. The van der Waals surface area contributed by atoms with Crippen LogP contribution in [0, 0.1) is 34.5 Å². The van der Waals surface area contributed by atoms with Gasteiger partial charge in [0.25, 0.3) is 0 Å². The lowest BCUT2D eigenvalue weighted by molar-refractivity contribution is -0.128. The van der Waals surface area contributed by atoms with Crippen LogP contribution in [0.4, 0.5) is 0 Å². The Kier molecular flexibility index (Phi) is 7.17. The van der Waals surface area contributed by atoms with Crippen LogP contribution in [0.2, 0.25) is 13.1 Å². The minimum atomic E-state index is -1.36. The van der Waals surface area contributed by atoms with Gasteiger partial charge in [-0.2, -0.15) is 0 Å². The molecule has 0 spiro atoms. The summed E-state index contributed by atoms with van der Waals surface area (Å²) in [7, 11) is -1.36. The minimum Gasteiger partial charge on any atom is -0.299 e. The fourth-order valence-corrected chi connectivity index (χ4v) is 12.7. The van der Waals surface area contributed by atoms with E-state index in [-0.39, 0.29) is 5.41 Å². The summed E-state index contributed by atoms with van der Waals surface area (Å²) in [6, 6.07) is 12.4. The molecule has 0 unspecified atom stereocenters. The number of hydrogen-bond acceptors (Lipinski definition) is 1. The number of fused-ring (bicyclic) bond motifs is 2. The molecule has 1 nitrogen and oxygen atoms in total. The van der Waals surface area contributed by atoms with Gasteiger partial charge in [-0.1, -0.05) is 114 Å². The predicted molar refractivity (Wildman–Crippen MR) is 144 cm³/mol. The van der Waals surface area contributed by atoms with Gasteiger partial charge >= 0.3 is 0 Å². The van der Waals surface area contributed by atoms with Gasteiger partial charge in [0.2, 0.25) is 0 Å². The Bertz CT molecular complexity index is 870. The Labute approximate surface area is 204 Å². The Balaban J connectivity index is 0.000000183. The maximum absolute atomic E-state index is 11.7. The molecule has 0 radical (unpaired) electrons. The van der Waals surface area contributed by atoms with Crippen molar-refractivity contribution in [3.05, 3.63) is 47.2 Å². The number of benzene rings is 1. The quantitative estimate of drug-likeness (QED) is 0.409. The molecule has 3 fully saturated rings. The summed E-state index contributed by atoms with van der Waals surface area (Å²) in [5, 5.41) is 1.88. The first-order valence-electron chi connectivity index (χ1n) is 13.9. The van der Waals surface area contributed by atoms with Crippen LogP contribution in [-0.2, 0) is 10.8 Å². The maximum Gasteiger partial charge on any atom is 0.139 e. The average Bonchev–Trinajstić information content (AvgIpc) is 3.28. The second kappa shape index (κ2) is 9.48. The molecule has 0 amide bonds. The average molecular weight is 465 g/mol. The van der Waals surface area contributed by atoms with Crippen molar-refractivity contribution < 1.29 is 4.79 Å². The highest BCUT2D eigenvalue weighted by Crippen LogP contribution is 2.57. The number of Topliss-reactive ketones (excluding diaryl/α,β-unsaturated/α-hetero) is 1. The van der Waals surface area contributed by atoms with Crippen LogP contribution in [0.1, 0.15) is 91.0 Å². The van der Waals surface area contributed by atoms with E-state index in [4.69, 9.17) is 0 Å². The van der Waals surface area contributed by atoms with Gasteiger partial charge in [-0.25, -0.2) is 0 Å². The number of rotatable bonds is 3. The summed E-state index contributed by atoms with van der Waals surface area (Å²) in [5.41, 5.74) is 2.13. The van der Waals surface area contributed by atoms with Gasteiger partial charge < -0.3 is 0 Å². The Morgan fingerprint density at radius 2 is 1.48 bits per heavy atom. The standard InChI is InChI=1S/C20H30Si.C11H18O/c1-16-9-8-14-20(2)18(16)12-13-19(20)21(3,4)15-17-10-6-5-7-11-17;1-8-4-3-7-11(2)9(8)5-6-10(11)12/h5-7,10-11,13,16,18H,8-9,12,14-15H2,1-4H3;8-9H,3-7H2,1-2H3/t16-,18+,20+;8-,9+,11+/m11/s1. The van der Waals surface area contributed by atoms with Gasteiger partial charge in [-0.05, 0) is 60.8 Å². The Morgan fingerprint density at radius 1 is 0.879 bits per heavy atom. The summed E-state index contributed by atoms with van der Waals surface area (Å²) in [6.07, 6.45) is 14.1. The first-order chi connectivity index (χ1) is 15.6. The highest BCUT2D eigenvalue weighted by atomic mass is 28.3. The molecular weight excluding hydrogens is 416 g/mol. The second-order valence-electron chi connectivity index (χ2n) is 13.1. The van der Waals surface area contributed by atoms with Crippen molar-refractivity contribution in [3.63, 3.8) is 0 Å². The predicted octanol–water partition coefficient (Wildman–Crippen LogP) is 8.58. The van der Waals surface area contributed by atoms with Gasteiger partial charge in [0.1, 0.15) is 5.78 Å². The van der Waals surface area contributed by atoms with E-state index in [9.17, 15) is 4.79 Å². The van der Waals surface area contributed by atoms with E-state index in [1.165, 1.54) is 50.1 Å². The van der Waals surface area contributed by atoms with E-state index in [1.807, 2.05) is 5.20 Å². The van der Waals surface area contributed by atoms with Gasteiger partial charge in [0.05, 0.1) is 8.07 Å². The molecule has 4 aliphatic carbocycles. The minimum absolute atomic E-state index is 0.0810. The molecule has 33 heavy (non-hydrogen) atoms. The van der Waals surface area contributed by atoms with Crippen LogP contribution in [0.25, 0.3) is 0 Å². The third-order valence-corrected chi connectivity index (χ3v) is 14.0. The Hall–Kier alpha value is -1.15. The fraction of sp³-hybridized carbons (Fsp3) is 0.710. The number of allylic oxidation sites excluding steroid dienone is 2. The molecule has 4 aliphatic rings. The van der Waals surface area contributed by atoms with Crippen LogP contribution in [0.3, 0.4) is 0 Å². The molecule has 0 saturated heterocycles. The van der Waals surface area contributed by atoms with Gasteiger partial charge in [-0.3, -0.25) is 4.79 Å². The lowest BCUT2D eigenvalue weighted by Gasteiger charge is -2.46. The smallest absolute Gasteiger partial charge is 0.139 e. The molecule has 1 aromatic carbocycles. The SMILES string of the molecule is C[C@@H]1CCC[C@]2(C)C(=O)CC[C@@H]12.C[C@@H]1CCC[C@]2(C)C([Si](C)(C)Cc3ccccc3)=CC[C@@H]12. The van der Waals surface area contributed by atoms with E-state index in [2.05, 4.69) is 77.2 Å². The molecule has 182 valence electrons. The zero-order valence-electron chi connectivity index (χ0n) is 22.3. The normalized spacial score (nSPS) is 38.1. The van der Waals surface area contributed by atoms with Gasteiger partial charge in [0, 0.05) is 11.8 Å². The monoisotopic (exact) mass is 464 g/mol. The van der Waals surface area contributed by atoms with Crippen molar-refractivity contribution in [2.45, 2.75) is 105 Å². The lowest BCUT2D eigenvalue weighted by atomic mass is 9.65. The zero-order chi connectivity index (χ0) is 23.9. The largest absolute Gasteiger partial charge is 0.299 e. The second-order valence-corrected chi connectivity index (χ2v) is 17.8. The van der Waals surface area contributed by atoms with Crippen LogP contribution in [-0.4, -0.2) is 13.9 Å². The van der Waals surface area contributed by atoms with Crippen molar-refractivity contribution in [1.82, 2.24) is 0 Å². The summed E-state index contributed by atoms with van der Waals surface area (Å²) in [4.78, 5) is 11.7. The van der Waals surface area contributed by atoms with Crippen LogP contribution in [0.15, 0.2) is 41.6 Å². The fourth-order valence-electron chi connectivity index (χ4n) is 8.69. The summed E-state index contributed by atoms with van der Waals surface area (Å²) in [6.45, 7) is 14.8. The first-order valence-corrected chi connectivity index (χ1v) is 17.1. The number of carbonyl (C=O) groups excluding carboxylic acids is 1. The molecule has 0 N–H and O–H groups in total. The van der Waals surface area contributed by atoms with Crippen molar-refractivity contribution in [1.29, 1.82) is 0 Å². The summed E-state index contributed by atoms with van der Waals surface area (Å²) in [5.74, 6) is 3.87. The molecule has 5 rings (SSSR count). The Morgan fingerprint density at radius 3 is 2.12 bits per heavy atom. The molecule has 1 aromatic rings. The highest BCUT2D eigenvalue weighted by molar-refractivity contribution is 6.84. The van der Waals surface area contributed by atoms with Crippen LogP contribution < -0.4 is 0 Å². The first kappa shape index (κ1) is 25.0. The van der Waals surface area contributed by atoms with Crippen molar-refractivity contribution in [2.24, 2.45) is 34.5 Å². The van der Waals surface area contributed by atoms with E-state index in [0.29, 0.717) is 17.1 Å². The number of carbonyl (C=O) groups is 1. The van der Waals surface area contributed by atoms with E-state index in [1.54, 1.807) is 0 Å². The lowest BCUT2D eigenvalue weighted by Crippen LogP contribution is -2.44. The molecule has 6 atom stereocenters. The molecule has 0 bridgehead atoms. The summed E-state index contributed by atoms with van der Waals surface area (Å²) < 4.78 is 0. The third kappa shape index (κ3) is 4.71. The maximum atomic E-state index is 11.7. The van der Waals surface area contributed by atoms with E-state index < -0.39 is 8.07 Å². The topological polar surface area (TPSA) is 17.1 Å². The molecule has 0 aromatic heterocycles. The highest BCUT2D eigenvalue weighted by Gasteiger charge is 2.50. The molecule has 3 saturated carbocycles.